The number of benzene rings is 1. The highest BCUT2D eigenvalue weighted by Crippen LogP contribution is 2.30. The molecule has 1 atom stereocenters. The number of imidazole rings is 1. The molecule has 0 saturated heterocycles. The van der Waals surface area contributed by atoms with Crippen molar-refractivity contribution < 1.29 is 14.6 Å². The average Bonchev–Trinajstić information content (AvgIpc) is 2.94. The second-order valence-electron chi connectivity index (χ2n) is 4.87. The number of aromatic nitrogens is 2. The third kappa shape index (κ3) is 3.55. The van der Waals surface area contributed by atoms with Gasteiger partial charge in [0.15, 0.2) is 11.5 Å². The maximum Gasteiger partial charge on any atom is 0.161 e. The van der Waals surface area contributed by atoms with Gasteiger partial charge in [0, 0.05) is 25.4 Å². The average molecular weight is 290 g/mol. The van der Waals surface area contributed by atoms with Crippen molar-refractivity contribution in [1.29, 1.82) is 0 Å². The van der Waals surface area contributed by atoms with Gasteiger partial charge in [0.2, 0.25) is 0 Å². The first-order valence-corrected chi connectivity index (χ1v) is 7.09. The number of ether oxygens (including phenoxy) is 2. The standard InChI is InChI=1S/C16H22N2O3/c1-4-8-18-9-7-17-16(18)11-13(19)12-5-6-14(20-2)15(10-12)21-3/h5-7,9-10,13,19H,4,8,11H2,1-3H3. The summed E-state index contributed by atoms with van der Waals surface area (Å²) in [4.78, 5) is 4.32. The second kappa shape index (κ2) is 7.13. The number of hydrogen-bond acceptors (Lipinski definition) is 4. The molecule has 1 aromatic carbocycles. The van der Waals surface area contributed by atoms with Crippen LogP contribution in [0.4, 0.5) is 0 Å². The fourth-order valence-electron chi connectivity index (χ4n) is 2.33. The van der Waals surface area contributed by atoms with E-state index in [2.05, 4.69) is 16.5 Å². The summed E-state index contributed by atoms with van der Waals surface area (Å²) in [5.41, 5.74) is 0.790. The Bertz CT molecular complexity index is 581. The van der Waals surface area contributed by atoms with Crippen LogP contribution in [-0.4, -0.2) is 28.9 Å². The highest BCUT2D eigenvalue weighted by atomic mass is 16.5. The normalized spacial score (nSPS) is 12.2. The van der Waals surface area contributed by atoms with E-state index in [1.165, 1.54) is 0 Å². The maximum atomic E-state index is 10.4. The highest BCUT2D eigenvalue weighted by molar-refractivity contribution is 5.43. The number of aryl methyl sites for hydroxylation is 1. The van der Waals surface area contributed by atoms with Crippen molar-refractivity contribution in [1.82, 2.24) is 9.55 Å². The van der Waals surface area contributed by atoms with Crippen LogP contribution in [0.25, 0.3) is 0 Å². The Morgan fingerprint density at radius 2 is 2.00 bits per heavy atom. The second-order valence-corrected chi connectivity index (χ2v) is 4.87. The Labute approximate surface area is 125 Å². The van der Waals surface area contributed by atoms with Crippen molar-refractivity contribution in [2.24, 2.45) is 0 Å². The van der Waals surface area contributed by atoms with E-state index in [1.54, 1.807) is 32.5 Å². The third-order valence-electron chi connectivity index (χ3n) is 3.43. The Hall–Kier alpha value is -2.01. The molecule has 5 heteroatoms. The molecule has 0 saturated carbocycles. The van der Waals surface area contributed by atoms with E-state index in [1.807, 2.05) is 12.3 Å². The largest absolute Gasteiger partial charge is 0.493 e. The molecule has 2 rings (SSSR count). The highest BCUT2D eigenvalue weighted by Gasteiger charge is 2.15. The van der Waals surface area contributed by atoms with Crippen LogP contribution in [0.2, 0.25) is 0 Å². The van der Waals surface area contributed by atoms with Gasteiger partial charge in [-0.15, -0.1) is 0 Å². The monoisotopic (exact) mass is 290 g/mol. The van der Waals surface area contributed by atoms with Crippen LogP contribution in [0.15, 0.2) is 30.6 Å². The third-order valence-corrected chi connectivity index (χ3v) is 3.43. The topological polar surface area (TPSA) is 56.5 Å². The summed E-state index contributed by atoms with van der Waals surface area (Å²) in [5.74, 6) is 2.16. The minimum atomic E-state index is -0.622. The molecule has 1 aromatic heterocycles. The molecular formula is C16H22N2O3. The molecule has 0 radical (unpaired) electrons. The van der Waals surface area contributed by atoms with Gasteiger partial charge in [-0.2, -0.15) is 0 Å². The number of aliphatic hydroxyl groups is 1. The first-order valence-electron chi connectivity index (χ1n) is 7.09. The van der Waals surface area contributed by atoms with E-state index in [0.29, 0.717) is 17.9 Å². The van der Waals surface area contributed by atoms with Crippen LogP contribution in [0, 0.1) is 0 Å². The minimum absolute atomic E-state index is 0.475. The Balaban J connectivity index is 2.16. The molecule has 0 aliphatic heterocycles. The zero-order valence-corrected chi connectivity index (χ0v) is 12.7. The van der Waals surface area contributed by atoms with Gasteiger partial charge >= 0.3 is 0 Å². The van der Waals surface area contributed by atoms with Crippen molar-refractivity contribution >= 4 is 0 Å². The van der Waals surface area contributed by atoms with Gasteiger partial charge in [-0.05, 0) is 24.1 Å². The molecule has 0 amide bonds. The molecule has 0 aliphatic carbocycles. The SMILES string of the molecule is CCCn1ccnc1CC(O)c1ccc(OC)c(OC)c1. The van der Waals surface area contributed by atoms with Crippen LogP contribution < -0.4 is 9.47 Å². The van der Waals surface area contributed by atoms with Crippen molar-refractivity contribution in [3.8, 4) is 11.5 Å². The molecule has 0 aliphatic rings. The number of hydrogen-bond donors (Lipinski definition) is 1. The summed E-state index contributed by atoms with van der Waals surface area (Å²) >= 11 is 0. The van der Waals surface area contributed by atoms with Crippen molar-refractivity contribution in [2.45, 2.75) is 32.4 Å². The number of aliphatic hydroxyl groups excluding tert-OH is 1. The molecule has 2 aromatic rings. The molecule has 0 fully saturated rings. The first kappa shape index (κ1) is 15.4. The molecule has 0 bridgehead atoms. The van der Waals surface area contributed by atoms with Gasteiger partial charge in [-0.3, -0.25) is 0 Å². The lowest BCUT2D eigenvalue weighted by Gasteiger charge is -2.15. The molecular weight excluding hydrogens is 268 g/mol. The number of nitrogens with zero attached hydrogens (tertiary/aromatic N) is 2. The Morgan fingerprint density at radius 3 is 2.67 bits per heavy atom. The van der Waals surface area contributed by atoms with Crippen LogP contribution >= 0.6 is 0 Å². The van der Waals surface area contributed by atoms with E-state index >= 15 is 0 Å². The van der Waals surface area contributed by atoms with E-state index < -0.39 is 6.10 Å². The van der Waals surface area contributed by atoms with Gasteiger partial charge in [-0.25, -0.2) is 4.98 Å². The molecule has 1 unspecified atom stereocenters. The summed E-state index contributed by atoms with van der Waals surface area (Å²) in [6.45, 7) is 3.03. The fraction of sp³-hybridized carbons (Fsp3) is 0.438. The number of rotatable bonds is 7. The van der Waals surface area contributed by atoms with Gasteiger partial charge < -0.3 is 19.1 Å². The molecule has 1 heterocycles. The quantitative estimate of drug-likeness (QED) is 0.851. The number of methoxy groups -OCH3 is 2. The maximum absolute atomic E-state index is 10.4. The van der Waals surface area contributed by atoms with Crippen LogP contribution in [0.3, 0.4) is 0 Å². The molecule has 0 spiro atoms. The lowest BCUT2D eigenvalue weighted by Crippen LogP contribution is -2.09. The van der Waals surface area contributed by atoms with Crippen LogP contribution in [0.1, 0.15) is 30.8 Å². The van der Waals surface area contributed by atoms with Crippen molar-refractivity contribution in [3.05, 3.63) is 42.0 Å². The predicted octanol–water partition coefficient (Wildman–Crippen LogP) is 2.59. The first-order chi connectivity index (χ1) is 10.2. The molecule has 114 valence electrons. The van der Waals surface area contributed by atoms with E-state index in [0.717, 1.165) is 24.4 Å². The predicted molar refractivity (Wildman–Crippen MR) is 80.7 cm³/mol. The van der Waals surface area contributed by atoms with Gasteiger partial charge in [0.05, 0.1) is 20.3 Å². The minimum Gasteiger partial charge on any atom is -0.493 e. The van der Waals surface area contributed by atoms with E-state index in [-0.39, 0.29) is 0 Å². The summed E-state index contributed by atoms with van der Waals surface area (Å²) in [6.07, 6.45) is 4.60. The van der Waals surface area contributed by atoms with Gasteiger partial charge in [0.1, 0.15) is 5.82 Å². The lowest BCUT2D eigenvalue weighted by atomic mass is 10.1. The molecule has 1 N–H and O–H groups in total. The summed E-state index contributed by atoms with van der Waals surface area (Å²) in [7, 11) is 3.18. The molecule has 5 nitrogen and oxygen atoms in total. The van der Waals surface area contributed by atoms with Gasteiger partial charge in [0.25, 0.3) is 0 Å². The van der Waals surface area contributed by atoms with E-state index in [4.69, 9.17) is 9.47 Å². The summed E-state index contributed by atoms with van der Waals surface area (Å²) < 4.78 is 12.5. The van der Waals surface area contributed by atoms with Crippen molar-refractivity contribution in [3.63, 3.8) is 0 Å². The van der Waals surface area contributed by atoms with Crippen LogP contribution in [-0.2, 0) is 13.0 Å². The zero-order chi connectivity index (χ0) is 15.2. The Kier molecular flexibility index (Phi) is 5.22. The Morgan fingerprint density at radius 1 is 1.24 bits per heavy atom. The van der Waals surface area contributed by atoms with Gasteiger partial charge in [-0.1, -0.05) is 13.0 Å². The smallest absolute Gasteiger partial charge is 0.161 e. The van der Waals surface area contributed by atoms with Crippen LogP contribution in [0.5, 0.6) is 11.5 Å². The lowest BCUT2D eigenvalue weighted by molar-refractivity contribution is 0.174. The zero-order valence-electron chi connectivity index (χ0n) is 12.7. The summed E-state index contributed by atoms with van der Waals surface area (Å²) in [5, 5.41) is 10.4. The summed E-state index contributed by atoms with van der Waals surface area (Å²) in [6, 6.07) is 5.45. The fourth-order valence-corrected chi connectivity index (χ4v) is 2.33. The van der Waals surface area contributed by atoms with Crippen molar-refractivity contribution in [2.75, 3.05) is 14.2 Å². The van der Waals surface area contributed by atoms with E-state index in [9.17, 15) is 5.11 Å². The molecule has 21 heavy (non-hydrogen) atoms.